The molecule has 1 aromatic heterocycles. The number of benzene rings is 2. The van der Waals surface area contributed by atoms with Crippen LogP contribution in [-0.4, -0.2) is 24.0 Å². The van der Waals surface area contributed by atoms with E-state index >= 15 is 0 Å². The fourth-order valence-corrected chi connectivity index (χ4v) is 5.52. The number of hydrogen-bond donors (Lipinski definition) is 2. The fraction of sp³-hybridized carbons (Fsp3) is 0.407. The molecular formula is C27H32N4S. The van der Waals surface area contributed by atoms with Gasteiger partial charge in [0.25, 0.3) is 0 Å². The van der Waals surface area contributed by atoms with Gasteiger partial charge in [-0.1, -0.05) is 18.2 Å². The zero-order valence-corrected chi connectivity index (χ0v) is 19.9. The normalized spacial score (nSPS) is 15.6. The first kappa shape index (κ1) is 21.2. The summed E-state index contributed by atoms with van der Waals surface area (Å²) in [5, 5.41) is 10.2. The zero-order valence-electron chi connectivity index (χ0n) is 19.1. The van der Waals surface area contributed by atoms with E-state index in [9.17, 15) is 0 Å². The number of aliphatic imine (C=N–C) groups is 1. The van der Waals surface area contributed by atoms with Crippen molar-refractivity contribution in [1.29, 1.82) is 0 Å². The van der Waals surface area contributed by atoms with Gasteiger partial charge in [0, 0.05) is 36.1 Å². The van der Waals surface area contributed by atoms with Gasteiger partial charge < -0.3 is 10.6 Å². The second-order valence-electron chi connectivity index (χ2n) is 9.05. The van der Waals surface area contributed by atoms with Crippen molar-refractivity contribution in [2.45, 2.75) is 58.8 Å². The van der Waals surface area contributed by atoms with Crippen LogP contribution < -0.4 is 10.6 Å². The highest BCUT2D eigenvalue weighted by molar-refractivity contribution is 7.09. The maximum atomic E-state index is 4.97. The maximum absolute atomic E-state index is 4.97. The van der Waals surface area contributed by atoms with E-state index < -0.39 is 0 Å². The SMILES string of the molecule is Cc1cc(NC2=NCCCN2)c(C)cc1CCc1nc(-c2ccc3c(c2)CCCC3)cs1. The van der Waals surface area contributed by atoms with E-state index in [1.807, 2.05) is 0 Å². The highest BCUT2D eigenvalue weighted by Crippen LogP contribution is 2.29. The van der Waals surface area contributed by atoms with Crippen LogP contribution in [0.15, 0.2) is 40.7 Å². The van der Waals surface area contributed by atoms with Crippen molar-refractivity contribution < 1.29 is 0 Å². The molecule has 4 nitrogen and oxygen atoms in total. The topological polar surface area (TPSA) is 49.3 Å². The molecule has 1 aliphatic heterocycles. The van der Waals surface area contributed by atoms with Gasteiger partial charge in [0.2, 0.25) is 0 Å². The van der Waals surface area contributed by atoms with E-state index in [-0.39, 0.29) is 0 Å². The van der Waals surface area contributed by atoms with Gasteiger partial charge in [-0.25, -0.2) is 4.98 Å². The van der Waals surface area contributed by atoms with E-state index in [1.54, 1.807) is 11.3 Å². The van der Waals surface area contributed by atoms with Crippen LogP contribution in [0.25, 0.3) is 11.3 Å². The molecule has 2 aromatic carbocycles. The van der Waals surface area contributed by atoms with Crippen LogP contribution in [0.5, 0.6) is 0 Å². The summed E-state index contributed by atoms with van der Waals surface area (Å²) < 4.78 is 0. The Morgan fingerprint density at radius 1 is 0.969 bits per heavy atom. The minimum Gasteiger partial charge on any atom is -0.356 e. The number of aryl methyl sites for hydroxylation is 6. The van der Waals surface area contributed by atoms with Gasteiger partial charge in [0.15, 0.2) is 5.96 Å². The molecule has 0 saturated carbocycles. The van der Waals surface area contributed by atoms with Crippen molar-refractivity contribution in [1.82, 2.24) is 10.3 Å². The maximum Gasteiger partial charge on any atom is 0.195 e. The molecule has 0 spiro atoms. The Morgan fingerprint density at radius 3 is 2.69 bits per heavy atom. The summed E-state index contributed by atoms with van der Waals surface area (Å²) in [5.74, 6) is 0.893. The molecule has 0 atom stereocenters. The monoisotopic (exact) mass is 444 g/mol. The molecule has 1 aliphatic carbocycles. The first-order valence-electron chi connectivity index (χ1n) is 11.9. The van der Waals surface area contributed by atoms with Crippen LogP contribution in [0.3, 0.4) is 0 Å². The predicted octanol–water partition coefficient (Wildman–Crippen LogP) is 5.85. The van der Waals surface area contributed by atoms with Crippen LogP contribution in [0.2, 0.25) is 0 Å². The summed E-state index contributed by atoms with van der Waals surface area (Å²) in [6, 6.07) is 11.5. The second kappa shape index (κ2) is 9.45. The Bertz CT molecular complexity index is 1140. The number of hydrogen-bond acceptors (Lipinski definition) is 5. The largest absolute Gasteiger partial charge is 0.356 e. The number of fused-ring (bicyclic) bond motifs is 1. The third kappa shape index (κ3) is 4.73. The van der Waals surface area contributed by atoms with Crippen molar-refractivity contribution in [2.24, 2.45) is 4.99 Å². The second-order valence-corrected chi connectivity index (χ2v) is 9.99. The molecule has 2 heterocycles. The van der Waals surface area contributed by atoms with Crippen LogP contribution in [0.4, 0.5) is 5.69 Å². The molecule has 5 rings (SSSR count). The van der Waals surface area contributed by atoms with Gasteiger partial charge in [0.05, 0.1) is 10.7 Å². The van der Waals surface area contributed by atoms with Gasteiger partial charge in [-0.05, 0) is 92.3 Å². The molecule has 166 valence electrons. The van der Waals surface area contributed by atoms with Crippen molar-refractivity contribution in [3.8, 4) is 11.3 Å². The van der Waals surface area contributed by atoms with Crippen LogP contribution >= 0.6 is 11.3 Å². The molecule has 0 fully saturated rings. The quantitative estimate of drug-likeness (QED) is 0.519. The summed E-state index contributed by atoms with van der Waals surface area (Å²) in [4.78, 5) is 9.51. The summed E-state index contributed by atoms with van der Waals surface area (Å²) in [6.45, 7) is 6.26. The lowest BCUT2D eigenvalue weighted by atomic mass is 9.90. The molecule has 2 aliphatic rings. The predicted molar refractivity (Wildman–Crippen MR) is 136 cm³/mol. The molecule has 0 unspecified atom stereocenters. The molecule has 32 heavy (non-hydrogen) atoms. The summed E-state index contributed by atoms with van der Waals surface area (Å²) in [6.07, 6.45) is 8.20. The molecule has 2 N–H and O–H groups in total. The minimum atomic E-state index is 0.893. The Labute approximate surface area is 195 Å². The third-order valence-electron chi connectivity index (χ3n) is 6.64. The lowest BCUT2D eigenvalue weighted by Crippen LogP contribution is -2.35. The Kier molecular flexibility index (Phi) is 6.26. The molecular weight excluding hydrogens is 412 g/mol. The van der Waals surface area contributed by atoms with E-state index in [1.165, 1.54) is 64.1 Å². The first-order chi connectivity index (χ1) is 15.7. The number of nitrogens with zero attached hydrogens (tertiary/aromatic N) is 2. The van der Waals surface area contributed by atoms with Crippen LogP contribution in [0.1, 0.15) is 52.1 Å². The first-order valence-corrected chi connectivity index (χ1v) is 12.8. The summed E-state index contributed by atoms with van der Waals surface area (Å²) in [5.41, 5.74) is 10.6. The number of guanidine groups is 1. The van der Waals surface area contributed by atoms with E-state index in [0.29, 0.717) is 0 Å². The van der Waals surface area contributed by atoms with Crippen molar-refractivity contribution in [3.05, 3.63) is 68.5 Å². The molecule has 0 radical (unpaired) electrons. The Balaban J connectivity index is 1.26. The van der Waals surface area contributed by atoms with Gasteiger partial charge >= 0.3 is 0 Å². The lowest BCUT2D eigenvalue weighted by Gasteiger charge is -2.18. The average Bonchev–Trinajstić information content (AvgIpc) is 3.30. The average molecular weight is 445 g/mol. The number of aromatic nitrogens is 1. The number of anilines is 1. The smallest absolute Gasteiger partial charge is 0.195 e. The van der Waals surface area contributed by atoms with Crippen molar-refractivity contribution >= 4 is 23.0 Å². The Hall–Kier alpha value is -2.66. The van der Waals surface area contributed by atoms with E-state index in [0.717, 1.165) is 49.7 Å². The molecule has 0 amide bonds. The van der Waals surface area contributed by atoms with Gasteiger partial charge in [0.1, 0.15) is 0 Å². The lowest BCUT2D eigenvalue weighted by molar-refractivity contribution is 0.686. The van der Waals surface area contributed by atoms with E-state index in [4.69, 9.17) is 4.98 Å². The van der Waals surface area contributed by atoms with Crippen molar-refractivity contribution in [3.63, 3.8) is 0 Å². The molecule has 0 bridgehead atoms. The third-order valence-corrected chi connectivity index (χ3v) is 7.55. The van der Waals surface area contributed by atoms with E-state index in [2.05, 4.69) is 65.2 Å². The highest BCUT2D eigenvalue weighted by atomic mass is 32.1. The number of rotatable bonds is 5. The summed E-state index contributed by atoms with van der Waals surface area (Å²) in [7, 11) is 0. The van der Waals surface area contributed by atoms with Crippen LogP contribution in [0, 0.1) is 13.8 Å². The zero-order chi connectivity index (χ0) is 21.9. The van der Waals surface area contributed by atoms with Crippen LogP contribution in [-0.2, 0) is 25.7 Å². The number of thiazole rings is 1. The fourth-order valence-electron chi connectivity index (χ4n) is 4.72. The molecule has 5 heteroatoms. The summed E-state index contributed by atoms with van der Waals surface area (Å²) >= 11 is 1.79. The number of nitrogens with one attached hydrogen (secondary N) is 2. The van der Waals surface area contributed by atoms with Gasteiger partial charge in [-0.2, -0.15) is 0 Å². The van der Waals surface area contributed by atoms with Gasteiger partial charge in [-0.15, -0.1) is 11.3 Å². The molecule has 0 saturated heterocycles. The molecule has 3 aromatic rings. The van der Waals surface area contributed by atoms with Gasteiger partial charge in [-0.3, -0.25) is 4.99 Å². The van der Waals surface area contributed by atoms with Crippen molar-refractivity contribution in [2.75, 3.05) is 18.4 Å². The minimum absolute atomic E-state index is 0.893. The Morgan fingerprint density at radius 2 is 1.84 bits per heavy atom. The standard InChI is InChI=1S/C27H32N4S/c1-18-15-24(31-27-28-12-5-13-29-27)19(2)14-21(18)10-11-26-30-25(17-32-26)23-9-8-20-6-3-4-7-22(20)16-23/h8-9,14-17H,3-7,10-13H2,1-2H3,(H2,28,29,31). The highest BCUT2D eigenvalue weighted by Gasteiger charge is 2.13.